The van der Waals surface area contributed by atoms with E-state index in [1.165, 1.54) is 32.4 Å². The van der Waals surface area contributed by atoms with Gasteiger partial charge in [-0.3, -0.25) is 9.10 Å². The number of anilines is 1. The van der Waals surface area contributed by atoms with Gasteiger partial charge in [0, 0.05) is 9.64 Å². The Morgan fingerprint density at radius 3 is 2.29 bits per heavy atom. The zero-order chi connectivity index (χ0) is 24.7. The molecule has 0 saturated carbocycles. The first-order chi connectivity index (χ1) is 16.3. The summed E-state index contributed by atoms with van der Waals surface area (Å²) in [5, 5.41) is 4.14. The minimum Gasteiger partial charge on any atom is -0.497 e. The van der Waals surface area contributed by atoms with Gasteiger partial charge in [-0.05, 0) is 71.5 Å². The van der Waals surface area contributed by atoms with Gasteiger partial charge in [0.25, 0.3) is 15.9 Å². The molecule has 0 aliphatic rings. The summed E-state index contributed by atoms with van der Waals surface area (Å²) in [4.78, 5) is 12.9. The van der Waals surface area contributed by atoms with Crippen LogP contribution in [0.5, 0.6) is 11.5 Å². The maximum absolute atomic E-state index is 13.5. The van der Waals surface area contributed by atoms with Crippen LogP contribution in [-0.2, 0) is 14.8 Å². The average molecular weight is 593 g/mol. The van der Waals surface area contributed by atoms with Crippen LogP contribution >= 0.6 is 22.6 Å². The molecule has 34 heavy (non-hydrogen) atoms. The summed E-state index contributed by atoms with van der Waals surface area (Å²) >= 11 is 2.20. The summed E-state index contributed by atoms with van der Waals surface area (Å²) in [6.45, 7) is 1.23. The molecule has 0 saturated heterocycles. The topological polar surface area (TPSA) is 97.3 Å². The third-order valence-corrected chi connectivity index (χ3v) is 7.38. The second-order valence-electron chi connectivity index (χ2n) is 7.10. The van der Waals surface area contributed by atoms with Crippen molar-refractivity contribution in [3.63, 3.8) is 0 Å². The maximum atomic E-state index is 13.5. The quantitative estimate of drug-likeness (QED) is 0.230. The number of sulfonamides is 1. The van der Waals surface area contributed by atoms with E-state index in [9.17, 15) is 13.2 Å². The van der Waals surface area contributed by atoms with Crippen molar-refractivity contribution in [2.45, 2.75) is 11.8 Å². The minimum atomic E-state index is -4.11. The van der Waals surface area contributed by atoms with E-state index in [-0.39, 0.29) is 16.3 Å². The number of carbonyl (C=O) groups is 1. The number of hydrogen-bond acceptors (Lipinski definition) is 6. The molecule has 0 unspecified atom stereocenters. The van der Waals surface area contributed by atoms with E-state index in [1.807, 2.05) is 24.3 Å². The van der Waals surface area contributed by atoms with E-state index < -0.39 is 22.5 Å². The number of halogens is 1. The van der Waals surface area contributed by atoms with Gasteiger partial charge in [0.1, 0.15) is 18.0 Å². The fourth-order valence-electron chi connectivity index (χ4n) is 3.08. The number of methoxy groups -OCH3 is 2. The van der Waals surface area contributed by atoms with Gasteiger partial charge in [0.05, 0.1) is 30.5 Å². The molecule has 0 atom stereocenters. The Hall–Kier alpha value is -3.12. The fraction of sp³-hybridized carbons (Fsp3) is 0.167. The molecule has 1 N–H and O–H groups in total. The number of hydrogen-bond donors (Lipinski definition) is 1. The number of carbonyl (C=O) groups excluding carboxylic acids is 1. The number of nitrogens with zero attached hydrogens (tertiary/aromatic N) is 2. The Bertz CT molecular complexity index is 1280. The lowest BCUT2D eigenvalue weighted by Gasteiger charge is -2.25. The normalized spacial score (nSPS) is 11.6. The molecule has 0 radical (unpaired) electrons. The first kappa shape index (κ1) is 25.5. The summed E-state index contributed by atoms with van der Waals surface area (Å²) < 4.78 is 39.8. The van der Waals surface area contributed by atoms with Gasteiger partial charge in [-0.2, -0.15) is 5.10 Å². The number of amides is 1. The van der Waals surface area contributed by atoms with Gasteiger partial charge in [0.15, 0.2) is 0 Å². The highest BCUT2D eigenvalue weighted by Crippen LogP contribution is 2.35. The van der Waals surface area contributed by atoms with Gasteiger partial charge in [-0.25, -0.2) is 13.8 Å². The molecule has 178 valence electrons. The maximum Gasteiger partial charge on any atom is 0.264 e. The molecule has 0 spiro atoms. The molecule has 8 nitrogen and oxygen atoms in total. The van der Waals surface area contributed by atoms with E-state index in [2.05, 4.69) is 33.1 Å². The summed E-state index contributed by atoms with van der Waals surface area (Å²) in [6, 6.07) is 20.2. The molecular formula is C24H24IN3O5S. The van der Waals surface area contributed by atoms with Crippen LogP contribution in [-0.4, -0.2) is 40.8 Å². The van der Waals surface area contributed by atoms with Crippen molar-refractivity contribution in [3.05, 3.63) is 81.9 Å². The lowest BCUT2D eigenvalue weighted by atomic mass is 10.1. The van der Waals surface area contributed by atoms with E-state index in [0.717, 1.165) is 13.4 Å². The SMILES string of the molecule is COc1ccc(OC)c(N(CC(=O)N/N=C(/C)c2ccc(I)cc2)S(=O)(=O)c2ccccc2)c1. The molecule has 0 heterocycles. The molecule has 0 bridgehead atoms. The van der Waals surface area contributed by atoms with E-state index >= 15 is 0 Å². The third-order valence-electron chi connectivity index (χ3n) is 4.88. The summed E-state index contributed by atoms with van der Waals surface area (Å²) in [5.41, 5.74) is 4.04. The monoisotopic (exact) mass is 593 g/mol. The molecule has 0 aliphatic carbocycles. The van der Waals surface area contributed by atoms with Crippen LogP contribution in [0.1, 0.15) is 12.5 Å². The molecule has 0 fully saturated rings. The number of nitrogens with one attached hydrogen (secondary N) is 1. The zero-order valence-corrected chi connectivity index (χ0v) is 21.8. The van der Waals surface area contributed by atoms with Crippen molar-refractivity contribution in [1.29, 1.82) is 0 Å². The first-order valence-electron chi connectivity index (χ1n) is 10.1. The van der Waals surface area contributed by atoms with Crippen molar-refractivity contribution in [1.82, 2.24) is 5.43 Å². The molecule has 0 aromatic heterocycles. The smallest absolute Gasteiger partial charge is 0.264 e. The number of hydrazone groups is 1. The van der Waals surface area contributed by atoms with Crippen molar-refractivity contribution in [2.75, 3.05) is 25.1 Å². The van der Waals surface area contributed by atoms with Crippen LogP contribution in [0, 0.1) is 3.57 Å². The van der Waals surface area contributed by atoms with Gasteiger partial charge in [-0.1, -0.05) is 30.3 Å². The molecule has 10 heteroatoms. The summed E-state index contributed by atoms with van der Waals surface area (Å²) in [5.74, 6) is 0.0676. The Kier molecular flexibility index (Phi) is 8.51. The second kappa shape index (κ2) is 11.3. The lowest BCUT2D eigenvalue weighted by Crippen LogP contribution is -2.40. The van der Waals surface area contributed by atoms with E-state index in [0.29, 0.717) is 11.5 Å². The Labute approximate surface area is 212 Å². The van der Waals surface area contributed by atoms with Gasteiger partial charge < -0.3 is 9.47 Å². The lowest BCUT2D eigenvalue weighted by molar-refractivity contribution is -0.119. The van der Waals surface area contributed by atoms with E-state index in [4.69, 9.17) is 9.47 Å². The Balaban J connectivity index is 1.96. The highest BCUT2D eigenvalue weighted by atomic mass is 127. The highest BCUT2D eigenvalue weighted by molar-refractivity contribution is 14.1. The predicted octanol–water partition coefficient (Wildman–Crippen LogP) is 4.04. The zero-order valence-electron chi connectivity index (χ0n) is 18.9. The van der Waals surface area contributed by atoms with Crippen LogP contribution in [0.4, 0.5) is 5.69 Å². The number of ether oxygens (including phenoxy) is 2. The molecule has 3 aromatic rings. The van der Waals surface area contributed by atoms with Crippen LogP contribution in [0.15, 0.2) is 82.8 Å². The Morgan fingerprint density at radius 1 is 1.00 bits per heavy atom. The van der Waals surface area contributed by atoms with Crippen molar-refractivity contribution < 1.29 is 22.7 Å². The number of benzene rings is 3. The van der Waals surface area contributed by atoms with Crippen LogP contribution < -0.4 is 19.2 Å². The van der Waals surface area contributed by atoms with Gasteiger partial charge >= 0.3 is 0 Å². The third kappa shape index (κ3) is 6.06. The van der Waals surface area contributed by atoms with Crippen LogP contribution in [0.3, 0.4) is 0 Å². The fourth-order valence-corrected chi connectivity index (χ4v) is 4.88. The van der Waals surface area contributed by atoms with Crippen molar-refractivity contribution >= 4 is 49.9 Å². The summed E-state index contributed by atoms with van der Waals surface area (Å²) in [7, 11) is -1.22. The molecular weight excluding hydrogens is 569 g/mol. The average Bonchev–Trinajstić information content (AvgIpc) is 2.86. The highest BCUT2D eigenvalue weighted by Gasteiger charge is 2.29. The van der Waals surface area contributed by atoms with Crippen LogP contribution in [0.25, 0.3) is 0 Å². The largest absolute Gasteiger partial charge is 0.497 e. The molecule has 0 aliphatic heterocycles. The van der Waals surface area contributed by atoms with Crippen molar-refractivity contribution in [2.24, 2.45) is 5.10 Å². The molecule has 3 rings (SSSR count). The Morgan fingerprint density at radius 2 is 1.68 bits per heavy atom. The van der Waals surface area contributed by atoms with Gasteiger partial charge in [0.2, 0.25) is 0 Å². The molecule has 3 aromatic carbocycles. The molecule has 1 amide bonds. The first-order valence-corrected chi connectivity index (χ1v) is 12.7. The van der Waals surface area contributed by atoms with Gasteiger partial charge in [-0.15, -0.1) is 0 Å². The van der Waals surface area contributed by atoms with Crippen molar-refractivity contribution in [3.8, 4) is 11.5 Å². The second-order valence-corrected chi connectivity index (χ2v) is 10.2. The number of rotatable bonds is 9. The standard InChI is InChI=1S/C24H24IN3O5S/c1-17(18-9-11-19(25)12-10-18)26-27-24(29)16-28(34(30,31)21-7-5-4-6-8-21)22-15-20(32-2)13-14-23(22)33-3/h4-15H,16H2,1-3H3,(H,27,29)/b26-17-. The minimum absolute atomic E-state index is 0.0336. The van der Waals surface area contributed by atoms with Crippen LogP contribution in [0.2, 0.25) is 0 Å². The summed E-state index contributed by atoms with van der Waals surface area (Å²) in [6.07, 6.45) is 0. The predicted molar refractivity (Wildman–Crippen MR) is 140 cm³/mol. The van der Waals surface area contributed by atoms with E-state index in [1.54, 1.807) is 37.3 Å².